The maximum atomic E-state index is 11.0. The Morgan fingerprint density at radius 3 is 2.82 bits per heavy atom. The standard InChI is InChI=1S/C9H7N5O2S/c10-4-5-2-1-3-6(7(5)15)12-9-8(11)13-17(16)14-9/h1-3,15H,(H2,11,13)(H,12,14). The van der Waals surface area contributed by atoms with Gasteiger partial charge in [-0.25, -0.2) is 4.21 Å². The van der Waals surface area contributed by atoms with E-state index >= 15 is 0 Å². The lowest BCUT2D eigenvalue weighted by Crippen LogP contribution is -2.27. The molecule has 1 aliphatic heterocycles. The first-order chi connectivity index (χ1) is 8.11. The van der Waals surface area contributed by atoms with Crippen molar-refractivity contribution >= 4 is 28.5 Å². The van der Waals surface area contributed by atoms with Crippen molar-refractivity contribution in [2.45, 2.75) is 0 Å². The number of phenols is 1. The molecule has 0 saturated carbocycles. The molecule has 0 aromatic heterocycles. The van der Waals surface area contributed by atoms with Crippen molar-refractivity contribution in [2.75, 3.05) is 5.32 Å². The Kier molecular flexibility index (Phi) is 2.76. The molecule has 8 heteroatoms. The van der Waals surface area contributed by atoms with E-state index in [-0.39, 0.29) is 28.7 Å². The van der Waals surface area contributed by atoms with Crippen LogP contribution in [-0.2, 0) is 11.2 Å². The van der Waals surface area contributed by atoms with Gasteiger partial charge in [-0.3, -0.25) is 0 Å². The highest BCUT2D eigenvalue weighted by atomic mass is 32.2. The molecule has 1 aromatic carbocycles. The molecule has 4 N–H and O–H groups in total. The molecule has 17 heavy (non-hydrogen) atoms. The maximum Gasteiger partial charge on any atom is 0.269 e. The summed E-state index contributed by atoms with van der Waals surface area (Å²) in [6.07, 6.45) is 0. The van der Waals surface area contributed by atoms with Crippen molar-refractivity contribution in [3.8, 4) is 11.8 Å². The van der Waals surface area contributed by atoms with Crippen LogP contribution in [0.3, 0.4) is 0 Å². The summed E-state index contributed by atoms with van der Waals surface area (Å²) in [4.78, 5) is 0. The predicted octanol–water partition coefficient (Wildman–Crippen LogP) is 0.0238. The normalized spacial score (nSPS) is 18.2. The molecule has 0 fully saturated rings. The van der Waals surface area contributed by atoms with Crippen LogP contribution < -0.4 is 11.1 Å². The van der Waals surface area contributed by atoms with Gasteiger partial charge >= 0.3 is 0 Å². The van der Waals surface area contributed by atoms with Crippen LogP contribution in [0.2, 0.25) is 0 Å². The molecule has 0 radical (unpaired) electrons. The first-order valence-electron chi connectivity index (χ1n) is 4.46. The van der Waals surface area contributed by atoms with Gasteiger partial charge in [-0.15, -0.1) is 8.80 Å². The topological polar surface area (TPSA) is 124 Å². The SMILES string of the molecule is N#Cc1cccc(NC2=NS(=O)N=C2N)c1O. The maximum absolute atomic E-state index is 11.0. The lowest BCUT2D eigenvalue weighted by molar-refractivity contribution is 0.476. The molecule has 86 valence electrons. The minimum Gasteiger partial charge on any atom is -0.504 e. The largest absolute Gasteiger partial charge is 0.504 e. The van der Waals surface area contributed by atoms with Gasteiger partial charge in [-0.05, 0) is 12.1 Å². The number of para-hydroxylation sites is 1. The number of aromatic hydroxyl groups is 1. The molecular formula is C9H7N5O2S. The molecule has 0 spiro atoms. The van der Waals surface area contributed by atoms with Gasteiger partial charge in [0.15, 0.2) is 17.4 Å². The summed E-state index contributed by atoms with van der Waals surface area (Å²) >= 11 is -1.73. The van der Waals surface area contributed by atoms with Crippen LogP contribution in [0.25, 0.3) is 0 Å². The first kappa shape index (κ1) is 11.1. The lowest BCUT2D eigenvalue weighted by atomic mass is 10.2. The van der Waals surface area contributed by atoms with Crippen molar-refractivity contribution in [1.29, 1.82) is 5.26 Å². The van der Waals surface area contributed by atoms with Crippen molar-refractivity contribution in [1.82, 2.24) is 0 Å². The second-order valence-corrected chi connectivity index (χ2v) is 3.91. The van der Waals surface area contributed by atoms with Crippen LogP contribution in [0.4, 0.5) is 5.69 Å². The molecule has 1 aliphatic rings. The number of hydrogen-bond acceptors (Lipinski definition) is 5. The van der Waals surface area contributed by atoms with E-state index in [4.69, 9.17) is 11.0 Å². The van der Waals surface area contributed by atoms with Crippen molar-refractivity contribution in [3.63, 3.8) is 0 Å². The number of amidine groups is 2. The zero-order chi connectivity index (χ0) is 12.4. The van der Waals surface area contributed by atoms with Gasteiger partial charge in [-0.1, -0.05) is 6.07 Å². The number of nitriles is 1. The van der Waals surface area contributed by atoms with E-state index < -0.39 is 11.2 Å². The number of nitrogens with one attached hydrogen (secondary N) is 1. The summed E-state index contributed by atoms with van der Waals surface area (Å²) in [6, 6.07) is 6.41. The highest BCUT2D eigenvalue weighted by Crippen LogP contribution is 2.27. The lowest BCUT2D eigenvalue weighted by Gasteiger charge is -2.07. The fraction of sp³-hybridized carbons (Fsp3) is 0. The Hall–Kier alpha value is -2.40. The van der Waals surface area contributed by atoms with Crippen LogP contribution in [0.1, 0.15) is 5.56 Å². The molecule has 1 unspecified atom stereocenters. The number of rotatable bonds is 1. The van der Waals surface area contributed by atoms with Gasteiger partial charge in [0.25, 0.3) is 11.2 Å². The summed E-state index contributed by atoms with van der Waals surface area (Å²) in [5, 5.41) is 21.1. The van der Waals surface area contributed by atoms with E-state index in [0.717, 1.165) is 0 Å². The first-order valence-corrected chi connectivity index (χ1v) is 5.52. The monoisotopic (exact) mass is 249 g/mol. The van der Waals surface area contributed by atoms with E-state index in [1.165, 1.54) is 12.1 Å². The second-order valence-electron chi connectivity index (χ2n) is 3.09. The third-order valence-electron chi connectivity index (χ3n) is 2.00. The third kappa shape index (κ3) is 2.09. The molecule has 0 amide bonds. The van der Waals surface area contributed by atoms with E-state index in [1.807, 2.05) is 6.07 Å². The Bertz CT molecular complexity index is 602. The van der Waals surface area contributed by atoms with Gasteiger partial charge in [0, 0.05) is 0 Å². The van der Waals surface area contributed by atoms with Crippen LogP contribution >= 0.6 is 0 Å². The molecule has 0 aliphatic carbocycles. The van der Waals surface area contributed by atoms with Crippen LogP contribution in [0.15, 0.2) is 27.0 Å². The van der Waals surface area contributed by atoms with E-state index in [9.17, 15) is 9.32 Å². The molecule has 0 saturated heterocycles. The summed E-state index contributed by atoms with van der Waals surface area (Å²) < 4.78 is 18.1. The highest BCUT2D eigenvalue weighted by molar-refractivity contribution is 7.83. The fourth-order valence-corrected chi connectivity index (χ4v) is 1.81. The zero-order valence-electron chi connectivity index (χ0n) is 8.41. The van der Waals surface area contributed by atoms with E-state index in [0.29, 0.717) is 0 Å². The minimum atomic E-state index is -1.73. The summed E-state index contributed by atoms with van der Waals surface area (Å²) in [7, 11) is 0. The third-order valence-corrected chi connectivity index (χ3v) is 2.69. The van der Waals surface area contributed by atoms with Gasteiger partial charge in [0.1, 0.15) is 6.07 Å². The molecule has 7 nitrogen and oxygen atoms in total. The van der Waals surface area contributed by atoms with Crippen molar-refractivity contribution in [2.24, 2.45) is 14.5 Å². The second kappa shape index (κ2) is 4.23. The highest BCUT2D eigenvalue weighted by Gasteiger charge is 2.17. The number of hydrogen-bond donors (Lipinski definition) is 3. The Balaban J connectivity index is 2.33. The summed E-state index contributed by atoms with van der Waals surface area (Å²) in [5.74, 6) is -0.123. The zero-order valence-corrected chi connectivity index (χ0v) is 9.23. The van der Waals surface area contributed by atoms with Gasteiger partial charge in [0.05, 0.1) is 11.3 Å². The Morgan fingerprint density at radius 1 is 1.47 bits per heavy atom. The molecule has 1 aromatic rings. The van der Waals surface area contributed by atoms with Crippen molar-refractivity contribution in [3.05, 3.63) is 23.8 Å². The van der Waals surface area contributed by atoms with Crippen LogP contribution in [0, 0.1) is 11.3 Å². The van der Waals surface area contributed by atoms with Crippen molar-refractivity contribution < 1.29 is 9.32 Å². The number of anilines is 1. The summed E-state index contributed by atoms with van der Waals surface area (Å²) in [5.41, 5.74) is 5.82. The van der Waals surface area contributed by atoms with Gasteiger partial charge < -0.3 is 16.2 Å². The fourth-order valence-electron chi connectivity index (χ4n) is 1.22. The smallest absolute Gasteiger partial charge is 0.269 e. The van der Waals surface area contributed by atoms with E-state index in [2.05, 4.69) is 14.1 Å². The average Bonchev–Trinajstić information content (AvgIpc) is 2.60. The van der Waals surface area contributed by atoms with Crippen LogP contribution in [-0.4, -0.2) is 21.0 Å². The molecule has 2 rings (SSSR count). The quantitative estimate of drug-likeness (QED) is 0.605. The average molecular weight is 249 g/mol. The predicted molar refractivity (Wildman–Crippen MR) is 63.6 cm³/mol. The summed E-state index contributed by atoms with van der Waals surface area (Å²) in [6.45, 7) is 0. The Morgan fingerprint density at radius 2 is 2.24 bits per heavy atom. The van der Waals surface area contributed by atoms with E-state index in [1.54, 1.807) is 6.07 Å². The number of nitrogens with zero attached hydrogens (tertiary/aromatic N) is 3. The minimum absolute atomic E-state index is 0.00917. The molecule has 1 atom stereocenters. The number of nitrogens with two attached hydrogens (primary N) is 1. The Labute approximate surface area is 99.0 Å². The number of benzene rings is 1. The van der Waals surface area contributed by atoms with Gasteiger partial charge in [-0.2, -0.15) is 5.26 Å². The molecular weight excluding hydrogens is 242 g/mol. The molecule has 0 bridgehead atoms. The van der Waals surface area contributed by atoms with Crippen LogP contribution in [0.5, 0.6) is 5.75 Å². The molecule has 1 heterocycles. The van der Waals surface area contributed by atoms with Gasteiger partial charge in [0.2, 0.25) is 0 Å². The number of phenolic OH excluding ortho intramolecular Hbond substituents is 1.